The fourth-order valence-corrected chi connectivity index (χ4v) is 2.45. The molecule has 1 aromatic rings. The molecule has 0 bridgehead atoms. The monoisotopic (exact) mass is 319 g/mol. The van der Waals surface area contributed by atoms with Crippen LogP contribution in [-0.2, 0) is 16.0 Å². The van der Waals surface area contributed by atoms with E-state index in [1.54, 1.807) is 32.3 Å². The van der Waals surface area contributed by atoms with E-state index >= 15 is 0 Å². The van der Waals surface area contributed by atoms with E-state index in [0.29, 0.717) is 12.2 Å². The van der Waals surface area contributed by atoms with Gasteiger partial charge in [0.1, 0.15) is 24.1 Å². The molecule has 124 valence electrons. The standard InChI is InChI=1S/C17H21NO5/c1-3-4-5-14(17(20)21)18-16(19)12-8-11-9-13(22-2)6-7-15(11)23-10-12/h3-4,6-7,9,12,14H,5,8,10H2,1-2H3,(H,18,19)(H,20,21)/b4-3+. The van der Waals surface area contributed by atoms with Crippen LogP contribution in [0.5, 0.6) is 11.5 Å². The Hall–Kier alpha value is -2.50. The molecular formula is C17H21NO5. The molecule has 2 atom stereocenters. The summed E-state index contributed by atoms with van der Waals surface area (Å²) in [6.45, 7) is 2.04. The van der Waals surface area contributed by atoms with Crippen LogP contribution in [0.15, 0.2) is 30.4 Å². The van der Waals surface area contributed by atoms with Gasteiger partial charge in [-0.2, -0.15) is 0 Å². The first-order valence-electron chi connectivity index (χ1n) is 7.49. The maximum atomic E-state index is 12.3. The van der Waals surface area contributed by atoms with E-state index in [-0.39, 0.29) is 18.9 Å². The Kier molecular flexibility index (Phi) is 5.62. The molecule has 0 aromatic heterocycles. The summed E-state index contributed by atoms with van der Waals surface area (Å²) in [7, 11) is 1.58. The molecule has 1 heterocycles. The zero-order valence-corrected chi connectivity index (χ0v) is 13.2. The molecule has 0 spiro atoms. The maximum absolute atomic E-state index is 12.3. The van der Waals surface area contributed by atoms with Crippen LogP contribution in [0.1, 0.15) is 18.9 Å². The summed E-state index contributed by atoms with van der Waals surface area (Å²) >= 11 is 0. The number of carboxylic acid groups (broad SMARTS) is 1. The Morgan fingerprint density at radius 3 is 2.96 bits per heavy atom. The van der Waals surface area contributed by atoms with Crippen molar-refractivity contribution in [1.82, 2.24) is 5.32 Å². The number of nitrogens with one attached hydrogen (secondary N) is 1. The average molecular weight is 319 g/mol. The van der Waals surface area contributed by atoms with Crippen molar-refractivity contribution in [2.24, 2.45) is 5.92 Å². The van der Waals surface area contributed by atoms with Gasteiger partial charge in [-0.3, -0.25) is 4.79 Å². The minimum Gasteiger partial charge on any atom is -0.497 e. The zero-order valence-electron chi connectivity index (χ0n) is 13.2. The summed E-state index contributed by atoms with van der Waals surface area (Å²) in [5, 5.41) is 11.8. The number of benzene rings is 1. The SMILES string of the molecule is C/C=C/CC(NC(=O)C1COc2ccc(OC)cc2C1)C(=O)O. The largest absolute Gasteiger partial charge is 0.497 e. The first-order chi connectivity index (χ1) is 11.0. The van der Waals surface area contributed by atoms with Gasteiger partial charge in [-0.05, 0) is 43.5 Å². The maximum Gasteiger partial charge on any atom is 0.326 e. The van der Waals surface area contributed by atoms with Crippen LogP contribution >= 0.6 is 0 Å². The molecule has 2 unspecified atom stereocenters. The average Bonchev–Trinajstić information content (AvgIpc) is 2.56. The molecule has 1 aromatic carbocycles. The third kappa shape index (κ3) is 4.25. The van der Waals surface area contributed by atoms with Gasteiger partial charge in [0.15, 0.2) is 0 Å². The number of carbonyl (C=O) groups is 2. The van der Waals surface area contributed by atoms with Crippen LogP contribution in [0.4, 0.5) is 0 Å². The van der Waals surface area contributed by atoms with Crippen molar-refractivity contribution < 1.29 is 24.2 Å². The summed E-state index contributed by atoms with van der Waals surface area (Å²) in [6, 6.07) is 4.53. The molecule has 0 aliphatic carbocycles. The van der Waals surface area contributed by atoms with Gasteiger partial charge in [0.25, 0.3) is 0 Å². The second-order valence-electron chi connectivity index (χ2n) is 5.39. The normalized spacial score (nSPS) is 17.9. The molecule has 6 heteroatoms. The number of carbonyl (C=O) groups excluding carboxylic acids is 1. The lowest BCUT2D eigenvalue weighted by molar-refractivity contribution is -0.142. The van der Waals surface area contributed by atoms with Crippen molar-refractivity contribution in [2.45, 2.75) is 25.8 Å². The van der Waals surface area contributed by atoms with Crippen LogP contribution in [0, 0.1) is 5.92 Å². The van der Waals surface area contributed by atoms with E-state index in [0.717, 1.165) is 11.3 Å². The summed E-state index contributed by atoms with van der Waals surface area (Å²) in [5.41, 5.74) is 0.885. The zero-order chi connectivity index (χ0) is 16.8. The lowest BCUT2D eigenvalue weighted by Gasteiger charge is -2.26. The van der Waals surface area contributed by atoms with Crippen molar-refractivity contribution in [3.8, 4) is 11.5 Å². The number of allylic oxidation sites excluding steroid dienone is 1. The number of methoxy groups -OCH3 is 1. The Morgan fingerprint density at radius 2 is 2.30 bits per heavy atom. The van der Waals surface area contributed by atoms with Gasteiger partial charge in [0, 0.05) is 0 Å². The van der Waals surface area contributed by atoms with Crippen molar-refractivity contribution in [1.29, 1.82) is 0 Å². The summed E-state index contributed by atoms with van der Waals surface area (Å²) in [4.78, 5) is 23.5. The molecular weight excluding hydrogens is 298 g/mol. The Bertz CT molecular complexity index is 611. The molecule has 1 amide bonds. The fraction of sp³-hybridized carbons (Fsp3) is 0.412. The summed E-state index contributed by atoms with van der Waals surface area (Å²) in [6.07, 6.45) is 4.23. The van der Waals surface area contributed by atoms with Gasteiger partial charge >= 0.3 is 5.97 Å². The van der Waals surface area contributed by atoms with Gasteiger partial charge in [0.2, 0.25) is 5.91 Å². The van der Waals surface area contributed by atoms with Gasteiger partial charge in [-0.1, -0.05) is 12.2 Å². The highest BCUT2D eigenvalue weighted by Gasteiger charge is 2.29. The predicted molar refractivity (Wildman–Crippen MR) is 84.7 cm³/mol. The smallest absolute Gasteiger partial charge is 0.326 e. The number of hydrogen-bond donors (Lipinski definition) is 2. The van der Waals surface area contributed by atoms with E-state index in [1.807, 2.05) is 12.1 Å². The van der Waals surface area contributed by atoms with Crippen LogP contribution < -0.4 is 14.8 Å². The predicted octanol–water partition coefficient (Wildman–Crippen LogP) is 1.78. The molecule has 1 aliphatic rings. The number of carboxylic acids is 1. The van der Waals surface area contributed by atoms with Gasteiger partial charge in [0.05, 0.1) is 13.0 Å². The first kappa shape index (κ1) is 16.9. The molecule has 2 rings (SSSR count). The first-order valence-corrected chi connectivity index (χ1v) is 7.49. The van der Waals surface area contributed by atoms with E-state index in [2.05, 4.69) is 5.32 Å². The second kappa shape index (κ2) is 7.67. The lowest BCUT2D eigenvalue weighted by atomic mass is 9.95. The number of hydrogen-bond acceptors (Lipinski definition) is 4. The third-order valence-corrected chi connectivity index (χ3v) is 3.77. The molecule has 0 radical (unpaired) electrons. The van der Waals surface area contributed by atoms with E-state index in [1.165, 1.54) is 0 Å². The molecule has 1 aliphatic heterocycles. The van der Waals surface area contributed by atoms with Crippen molar-refractivity contribution in [2.75, 3.05) is 13.7 Å². The van der Waals surface area contributed by atoms with Crippen molar-refractivity contribution >= 4 is 11.9 Å². The lowest BCUT2D eigenvalue weighted by Crippen LogP contribution is -2.45. The van der Waals surface area contributed by atoms with Crippen LogP contribution in [-0.4, -0.2) is 36.7 Å². The highest BCUT2D eigenvalue weighted by Crippen LogP contribution is 2.30. The molecule has 23 heavy (non-hydrogen) atoms. The number of amides is 1. The van der Waals surface area contributed by atoms with E-state index < -0.39 is 17.9 Å². The minimum atomic E-state index is -1.05. The van der Waals surface area contributed by atoms with Gasteiger partial charge in [-0.15, -0.1) is 0 Å². The number of aliphatic carboxylic acids is 1. The Morgan fingerprint density at radius 1 is 1.52 bits per heavy atom. The van der Waals surface area contributed by atoms with Crippen LogP contribution in [0.3, 0.4) is 0 Å². The molecule has 2 N–H and O–H groups in total. The third-order valence-electron chi connectivity index (χ3n) is 3.77. The highest BCUT2D eigenvalue weighted by molar-refractivity contribution is 5.85. The van der Waals surface area contributed by atoms with Crippen LogP contribution in [0.25, 0.3) is 0 Å². The summed E-state index contributed by atoms with van der Waals surface area (Å²) in [5.74, 6) is -0.337. The van der Waals surface area contributed by atoms with Crippen molar-refractivity contribution in [3.63, 3.8) is 0 Å². The van der Waals surface area contributed by atoms with Gasteiger partial charge in [-0.25, -0.2) is 4.79 Å². The van der Waals surface area contributed by atoms with E-state index in [9.17, 15) is 14.7 Å². The Labute approximate surface area is 135 Å². The van der Waals surface area contributed by atoms with Crippen LogP contribution in [0.2, 0.25) is 0 Å². The van der Waals surface area contributed by atoms with Crippen molar-refractivity contribution in [3.05, 3.63) is 35.9 Å². The quantitative estimate of drug-likeness (QED) is 0.781. The fourth-order valence-electron chi connectivity index (χ4n) is 2.45. The minimum absolute atomic E-state index is 0.237. The molecule has 0 fully saturated rings. The second-order valence-corrected chi connectivity index (χ2v) is 5.39. The number of ether oxygens (including phenoxy) is 2. The molecule has 0 saturated carbocycles. The van der Waals surface area contributed by atoms with E-state index in [4.69, 9.17) is 9.47 Å². The summed E-state index contributed by atoms with van der Waals surface area (Å²) < 4.78 is 10.8. The molecule has 6 nitrogen and oxygen atoms in total. The molecule has 0 saturated heterocycles. The Balaban J connectivity index is 2.04. The highest BCUT2D eigenvalue weighted by atomic mass is 16.5. The topological polar surface area (TPSA) is 84.9 Å². The number of rotatable bonds is 6. The van der Waals surface area contributed by atoms with Gasteiger partial charge < -0.3 is 19.9 Å². The number of fused-ring (bicyclic) bond motifs is 1.